The first kappa shape index (κ1) is 17.4. The highest BCUT2D eigenvalue weighted by atomic mass is 16.2. The fourth-order valence-electron chi connectivity index (χ4n) is 2.96. The summed E-state index contributed by atoms with van der Waals surface area (Å²) in [5.74, 6) is 0.292. The summed E-state index contributed by atoms with van der Waals surface area (Å²) < 4.78 is 0. The summed E-state index contributed by atoms with van der Waals surface area (Å²) in [5, 5.41) is 7.06. The molecule has 118 valence electrons. The normalized spacial score (nSPS) is 17.2. The van der Waals surface area contributed by atoms with E-state index in [2.05, 4.69) is 38.3 Å². The summed E-state index contributed by atoms with van der Waals surface area (Å²) in [6.45, 7) is 12.5. The molecule has 1 saturated heterocycles. The molecule has 0 bridgehead atoms. The number of rotatable bonds is 8. The van der Waals surface area contributed by atoms with Gasteiger partial charge in [0.1, 0.15) is 0 Å². The molecule has 0 aromatic carbocycles. The van der Waals surface area contributed by atoms with Gasteiger partial charge in [-0.15, -0.1) is 0 Å². The smallest absolute Gasteiger partial charge is 0.224 e. The topological polar surface area (TPSA) is 44.4 Å². The number of carbonyl (C=O) groups excluding carboxylic acids is 1. The number of hydrogen-bond acceptors (Lipinski definition) is 3. The minimum Gasteiger partial charge on any atom is -0.343 e. The van der Waals surface area contributed by atoms with Crippen molar-refractivity contribution in [1.29, 1.82) is 0 Å². The van der Waals surface area contributed by atoms with Crippen molar-refractivity contribution < 1.29 is 4.79 Å². The third-order valence-corrected chi connectivity index (χ3v) is 3.87. The Labute approximate surface area is 124 Å². The van der Waals surface area contributed by atoms with Crippen LogP contribution in [-0.4, -0.2) is 48.6 Å². The Balaban J connectivity index is 2.47. The van der Waals surface area contributed by atoms with Gasteiger partial charge in [0.15, 0.2) is 0 Å². The van der Waals surface area contributed by atoms with Gasteiger partial charge in [-0.25, -0.2) is 0 Å². The fraction of sp³-hybridized carbons (Fsp3) is 0.938. The van der Waals surface area contributed by atoms with Gasteiger partial charge < -0.3 is 15.5 Å². The number of nitrogens with one attached hydrogen (secondary N) is 2. The van der Waals surface area contributed by atoms with Crippen molar-refractivity contribution in [3.05, 3.63) is 0 Å². The van der Waals surface area contributed by atoms with Crippen LogP contribution in [0.5, 0.6) is 0 Å². The number of nitrogens with zero attached hydrogens (tertiary/aromatic N) is 1. The van der Waals surface area contributed by atoms with Gasteiger partial charge in [-0.3, -0.25) is 4.79 Å². The highest BCUT2D eigenvalue weighted by Gasteiger charge is 2.27. The van der Waals surface area contributed by atoms with Crippen LogP contribution in [0, 0.1) is 0 Å². The van der Waals surface area contributed by atoms with E-state index in [-0.39, 0.29) is 5.54 Å². The predicted molar refractivity (Wildman–Crippen MR) is 84.9 cm³/mol. The minimum atomic E-state index is -0.112. The van der Waals surface area contributed by atoms with Crippen molar-refractivity contribution in [3.63, 3.8) is 0 Å². The van der Waals surface area contributed by atoms with Crippen LogP contribution in [0.15, 0.2) is 0 Å². The lowest BCUT2D eigenvalue weighted by molar-refractivity contribution is -0.132. The van der Waals surface area contributed by atoms with Crippen molar-refractivity contribution in [2.45, 2.75) is 71.4 Å². The highest BCUT2D eigenvalue weighted by Crippen LogP contribution is 2.15. The van der Waals surface area contributed by atoms with E-state index in [1.54, 1.807) is 0 Å². The van der Waals surface area contributed by atoms with Gasteiger partial charge in [0.05, 0.1) is 0 Å². The molecule has 0 aliphatic carbocycles. The Bertz CT molecular complexity index is 279. The second-order valence-electron chi connectivity index (χ2n) is 6.61. The van der Waals surface area contributed by atoms with E-state index in [4.69, 9.17) is 0 Å². The average molecular weight is 283 g/mol. The van der Waals surface area contributed by atoms with Crippen LogP contribution in [0.1, 0.15) is 59.8 Å². The molecular weight excluding hydrogens is 250 g/mol. The first-order valence-corrected chi connectivity index (χ1v) is 8.24. The van der Waals surface area contributed by atoms with Crippen LogP contribution >= 0.6 is 0 Å². The fourth-order valence-corrected chi connectivity index (χ4v) is 2.96. The number of amides is 1. The molecule has 1 fully saturated rings. The van der Waals surface area contributed by atoms with Gasteiger partial charge in [0, 0.05) is 31.1 Å². The van der Waals surface area contributed by atoms with Crippen LogP contribution in [0.3, 0.4) is 0 Å². The van der Waals surface area contributed by atoms with Crippen molar-refractivity contribution in [1.82, 2.24) is 15.5 Å². The lowest BCUT2D eigenvalue weighted by Crippen LogP contribution is -2.52. The molecule has 0 aromatic rings. The van der Waals surface area contributed by atoms with E-state index >= 15 is 0 Å². The Kier molecular flexibility index (Phi) is 7.52. The zero-order valence-corrected chi connectivity index (χ0v) is 13.8. The van der Waals surface area contributed by atoms with Gasteiger partial charge in [-0.2, -0.15) is 0 Å². The summed E-state index contributed by atoms with van der Waals surface area (Å²) in [6.07, 6.45) is 4.98. The Hall–Kier alpha value is -0.610. The molecule has 0 spiro atoms. The van der Waals surface area contributed by atoms with E-state index < -0.39 is 0 Å². The van der Waals surface area contributed by atoms with Gasteiger partial charge in [0.25, 0.3) is 0 Å². The maximum atomic E-state index is 12.5. The summed E-state index contributed by atoms with van der Waals surface area (Å²) >= 11 is 0. The summed E-state index contributed by atoms with van der Waals surface area (Å²) in [5.41, 5.74) is -0.112. The molecule has 4 nitrogen and oxygen atoms in total. The number of hydrogen-bond donors (Lipinski definition) is 2. The maximum absolute atomic E-state index is 12.5. The second kappa shape index (κ2) is 8.63. The molecule has 1 aliphatic heterocycles. The third kappa shape index (κ3) is 6.23. The molecule has 1 rings (SSSR count). The molecule has 0 atom stereocenters. The molecule has 0 unspecified atom stereocenters. The molecule has 4 heteroatoms. The lowest BCUT2D eigenvalue weighted by Gasteiger charge is -2.35. The van der Waals surface area contributed by atoms with E-state index in [1.807, 2.05) is 4.90 Å². The zero-order valence-electron chi connectivity index (χ0n) is 13.8. The van der Waals surface area contributed by atoms with Crippen LogP contribution in [0.2, 0.25) is 0 Å². The molecule has 1 aliphatic rings. The Morgan fingerprint density at radius 3 is 2.25 bits per heavy atom. The van der Waals surface area contributed by atoms with Crippen LogP contribution < -0.4 is 10.6 Å². The van der Waals surface area contributed by atoms with Gasteiger partial charge in [-0.05, 0) is 52.6 Å². The molecule has 2 N–H and O–H groups in total. The molecule has 1 amide bonds. The summed E-state index contributed by atoms with van der Waals surface area (Å²) in [7, 11) is 0. The Morgan fingerprint density at radius 2 is 1.75 bits per heavy atom. The van der Waals surface area contributed by atoms with E-state index in [0.29, 0.717) is 18.4 Å². The molecule has 1 heterocycles. The van der Waals surface area contributed by atoms with E-state index in [1.165, 1.54) is 0 Å². The SMILES string of the molecule is CCCN(CCC)C(=O)CC(C)(C)NC1CCNCC1. The maximum Gasteiger partial charge on any atom is 0.224 e. The third-order valence-electron chi connectivity index (χ3n) is 3.87. The predicted octanol–water partition coefficient (Wildman–Crippen LogP) is 2.15. The number of carbonyl (C=O) groups is 1. The van der Waals surface area contributed by atoms with E-state index in [0.717, 1.165) is 51.9 Å². The molecular formula is C16H33N3O. The van der Waals surface area contributed by atoms with Crippen LogP contribution in [0.25, 0.3) is 0 Å². The average Bonchev–Trinajstić information content (AvgIpc) is 2.38. The van der Waals surface area contributed by atoms with Crippen molar-refractivity contribution >= 4 is 5.91 Å². The van der Waals surface area contributed by atoms with Crippen LogP contribution in [-0.2, 0) is 4.79 Å². The van der Waals surface area contributed by atoms with Crippen molar-refractivity contribution in [2.75, 3.05) is 26.2 Å². The standard InChI is InChI=1S/C16H33N3O/c1-5-11-19(12-6-2)15(20)13-16(3,4)18-14-7-9-17-10-8-14/h14,17-18H,5-13H2,1-4H3. The monoisotopic (exact) mass is 283 g/mol. The zero-order chi connectivity index (χ0) is 15.0. The summed E-state index contributed by atoms with van der Waals surface area (Å²) in [6, 6.07) is 0.546. The lowest BCUT2D eigenvalue weighted by atomic mass is 9.95. The first-order chi connectivity index (χ1) is 9.48. The van der Waals surface area contributed by atoms with Gasteiger partial charge in [-0.1, -0.05) is 13.8 Å². The van der Waals surface area contributed by atoms with Crippen molar-refractivity contribution in [3.8, 4) is 0 Å². The van der Waals surface area contributed by atoms with Gasteiger partial charge >= 0.3 is 0 Å². The largest absolute Gasteiger partial charge is 0.343 e. The van der Waals surface area contributed by atoms with Crippen molar-refractivity contribution in [2.24, 2.45) is 0 Å². The first-order valence-electron chi connectivity index (χ1n) is 8.24. The minimum absolute atomic E-state index is 0.112. The second-order valence-corrected chi connectivity index (χ2v) is 6.61. The Morgan fingerprint density at radius 1 is 1.20 bits per heavy atom. The molecule has 0 aromatic heterocycles. The molecule has 0 saturated carbocycles. The molecule has 0 radical (unpaired) electrons. The van der Waals surface area contributed by atoms with Crippen LogP contribution in [0.4, 0.5) is 0 Å². The quantitative estimate of drug-likeness (QED) is 0.717. The number of piperidine rings is 1. The highest BCUT2D eigenvalue weighted by molar-refractivity contribution is 5.77. The summed E-state index contributed by atoms with van der Waals surface area (Å²) in [4.78, 5) is 14.5. The van der Waals surface area contributed by atoms with Gasteiger partial charge in [0.2, 0.25) is 5.91 Å². The molecule has 20 heavy (non-hydrogen) atoms. The van der Waals surface area contributed by atoms with E-state index in [9.17, 15) is 4.79 Å².